The quantitative estimate of drug-likeness (QED) is 0.333. The van der Waals surface area contributed by atoms with Crippen molar-refractivity contribution in [1.82, 2.24) is 5.32 Å². The van der Waals surface area contributed by atoms with E-state index in [-0.39, 0.29) is 24.0 Å². The van der Waals surface area contributed by atoms with Crippen molar-refractivity contribution in [2.24, 2.45) is 10.7 Å². The van der Waals surface area contributed by atoms with Crippen molar-refractivity contribution in [2.45, 2.75) is 51.5 Å². The number of guanidine groups is 1. The zero-order valence-corrected chi connectivity index (χ0v) is 13.1. The summed E-state index contributed by atoms with van der Waals surface area (Å²) in [7, 11) is 0. The van der Waals surface area contributed by atoms with E-state index in [0.29, 0.717) is 12.0 Å². The van der Waals surface area contributed by atoms with Crippen molar-refractivity contribution < 1.29 is 4.74 Å². The fraction of sp³-hybridized carbons (Fsp3) is 0.917. The van der Waals surface area contributed by atoms with Crippen molar-refractivity contribution in [3.63, 3.8) is 0 Å². The minimum atomic E-state index is 0. The molecule has 0 aromatic heterocycles. The molecule has 0 aromatic carbocycles. The molecular formula is C12H26IN3O. The average molecular weight is 355 g/mol. The van der Waals surface area contributed by atoms with Crippen LogP contribution in [0.5, 0.6) is 0 Å². The molecular weight excluding hydrogens is 329 g/mol. The van der Waals surface area contributed by atoms with Gasteiger partial charge in [0.2, 0.25) is 0 Å². The fourth-order valence-electron chi connectivity index (χ4n) is 2.01. The Labute approximate surface area is 122 Å². The van der Waals surface area contributed by atoms with Gasteiger partial charge in [-0.2, -0.15) is 0 Å². The molecule has 0 heterocycles. The molecule has 0 saturated heterocycles. The van der Waals surface area contributed by atoms with E-state index >= 15 is 0 Å². The first kappa shape index (κ1) is 17.0. The van der Waals surface area contributed by atoms with Crippen LogP contribution >= 0.6 is 24.0 Å². The predicted octanol–water partition coefficient (Wildman–Crippen LogP) is 2.27. The molecule has 0 bridgehead atoms. The molecule has 0 unspecified atom stereocenters. The van der Waals surface area contributed by atoms with Gasteiger partial charge in [0, 0.05) is 25.8 Å². The Morgan fingerprint density at radius 2 is 2.06 bits per heavy atom. The summed E-state index contributed by atoms with van der Waals surface area (Å²) in [5.41, 5.74) is 5.82. The van der Waals surface area contributed by atoms with Gasteiger partial charge in [-0.15, -0.1) is 24.0 Å². The summed E-state index contributed by atoms with van der Waals surface area (Å²) in [5, 5.41) is 3.30. The standard InChI is InChI=1S/C12H25N3O.HI/c1-2-16-10-6-9-14-12(13)15-11-7-4-3-5-8-11;/h11H,2-10H2,1H3,(H3,13,14,15);1H. The summed E-state index contributed by atoms with van der Waals surface area (Å²) >= 11 is 0. The molecule has 3 N–H and O–H groups in total. The fourth-order valence-corrected chi connectivity index (χ4v) is 2.01. The number of ether oxygens (including phenoxy) is 1. The highest BCUT2D eigenvalue weighted by Gasteiger charge is 2.12. The van der Waals surface area contributed by atoms with Gasteiger partial charge < -0.3 is 15.8 Å². The van der Waals surface area contributed by atoms with Crippen LogP contribution in [0.25, 0.3) is 0 Å². The molecule has 0 aliphatic heterocycles. The van der Waals surface area contributed by atoms with E-state index in [0.717, 1.165) is 26.2 Å². The van der Waals surface area contributed by atoms with E-state index in [1.165, 1.54) is 32.1 Å². The lowest BCUT2D eigenvalue weighted by Crippen LogP contribution is -2.41. The molecule has 0 aromatic rings. The van der Waals surface area contributed by atoms with Crippen LogP contribution in [0.4, 0.5) is 0 Å². The minimum absolute atomic E-state index is 0. The maximum Gasteiger partial charge on any atom is 0.188 e. The highest BCUT2D eigenvalue weighted by molar-refractivity contribution is 14.0. The van der Waals surface area contributed by atoms with Crippen LogP contribution in [-0.4, -0.2) is 31.8 Å². The maximum atomic E-state index is 5.82. The normalized spacial score (nSPS) is 17.6. The smallest absolute Gasteiger partial charge is 0.188 e. The lowest BCUT2D eigenvalue weighted by atomic mass is 9.96. The van der Waals surface area contributed by atoms with Gasteiger partial charge in [0.15, 0.2) is 5.96 Å². The number of hydrogen-bond donors (Lipinski definition) is 2. The van der Waals surface area contributed by atoms with Crippen LogP contribution in [0.2, 0.25) is 0 Å². The molecule has 0 atom stereocenters. The Hall–Kier alpha value is -0.0400. The number of nitrogens with one attached hydrogen (secondary N) is 1. The molecule has 1 aliphatic carbocycles. The zero-order valence-electron chi connectivity index (χ0n) is 10.8. The van der Waals surface area contributed by atoms with Crippen LogP contribution in [0.1, 0.15) is 45.4 Å². The van der Waals surface area contributed by atoms with Gasteiger partial charge in [0.1, 0.15) is 0 Å². The van der Waals surface area contributed by atoms with Crippen molar-refractivity contribution in [1.29, 1.82) is 0 Å². The number of rotatable bonds is 6. The summed E-state index contributed by atoms with van der Waals surface area (Å²) in [6, 6.07) is 0.546. The molecule has 1 fully saturated rings. The highest BCUT2D eigenvalue weighted by atomic mass is 127. The van der Waals surface area contributed by atoms with E-state index in [9.17, 15) is 0 Å². The number of hydrogen-bond acceptors (Lipinski definition) is 2. The summed E-state index contributed by atoms with van der Waals surface area (Å²) < 4.78 is 5.23. The Morgan fingerprint density at radius 3 is 2.71 bits per heavy atom. The Kier molecular flexibility index (Phi) is 11.0. The first-order valence-electron chi connectivity index (χ1n) is 6.47. The van der Waals surface area contributed by atoms with E-state index in [4.69, 9.17) is 10.5 Å². The molecule has 17 heavy (non-hydrogen) atoms. The Bertz CT molecular complexity index is 206. The second-order valence-electron chi connectivity index (χ2n) is 4.30. The van der Waals surface area contributed by atoms with Gasteiger partial charge in [0.05, 0.1) is 0 Å². The van der Waals surface area contributed by atoms with Crippen LogP contribution < -0.4 is 11.1 Å². The van der Waals surface area contributed by atoms with E-state index in [2.05, 4.69) is 10.3 Å². The predicted molar refractivity (Wildman–Crippen MR) is 83.0 cm³/mol. The molecule has 1 aliphatic rings. The first-order chi connectivity index (χ1) is 7.83. The lowest BCUT2D eigenvalue weighted by Gasteiger charge is -2.23. The minimum Gasteiger partial charge on any atom is -0.382 e. The van der Waals surface area contributed by atoms with Crippen molar-refractivity contribution in [3.8, 4) is 0 Å². The molecule has 4 nitrogen and oxygen atoms in total. The number of nitrogens with zero attached hydrogens (tertiary/aromatic N) is 1. The number of halogens is 1. The van der Waals surface area contributed by atoms with Crippen molar-refractivity contribution in [2.75, 3.05) is 19.8 Å². The molecule has 0 spiro atoms. The maximum absolute atomic E-state index is 5.82. The van der Waals surface area contributed by atoms with Gasteiger partial charge >= 0.3 is 0 Å². The zero-order chi connectivity index (χ0) is 11.6. The van der Waals surface area contributed by atoms with E-state index < -0.39 is 0 Å². The van der Waals surface area contributed by atoms with Crippen LogP contribution in [0, 0.1) is 0 Å². The van der Waals surface area contributed by atoms with Crippen LogP contribution in [0.15, 0.2) is 4.99 Å². The number of nitrogens with two attached hydrogens (primary N) is 1. The van der Waals surface area contributed by atoms with Crippen LogP contribution in [0.3, 0.4) is 0 Å². The number of aliphatic imine (C=N–C) groups is 1. The monoisotopic (exact) mass is 355 g/mol. The van der Waals surface area contributed by atoms with Gasteiger partial charge in [-0.3, -0.25) is 4.99 Å². The molecule has 102 valence electrons. The molecule has 0 radical (unpaired) electrons. The largest absolute Gasteiger partial charge is 0.382 e. The van der Waals surface area contributed by atoms with Crippen LogP contribution in [-0.2, 0) is 4.74 Å². The summed E-state index contributed by atoms with van der Waals surface area (Å²) in [5.74, 6) is 0.600. The topological polar surface area (TPSA) is 59.6 Å². The average Bonchev–Trinajstić information content (AvgIpc) is 2.30. The van der Waals surface area contributed by atoms with Gasteiger partial charge in [0.25, 0.3) is 0 Å². The summed E-state index contributed by atoms with van der Waals surface area (Å²) in [6.45, 7) is 4.31. The molecule has 5 heteroatoms. The highest BCUT2D eigenvalue weighted by Crippen LogP contribution is 2.16. The summed E-state index contributed by atoms with van der Waals surface area (Å²) in [6.07, 6.45) is 7.40. The third-order valence-electron chi connectivity index (χ3n) is 2.89. The Balaban J connectivity index is 0.00000256. The van der Waals surface area contributed by atoms with Crippen molar-refractivity contribution in [3.05, 3.63) is 0 Å². The third-order valence-corrected chi connectivity index (χ3v) is 2.89. The second-order valence-corrected chi connectivity index (χ2v) is 4.30. The van der Waals surface area contributed by atoms with E-state index in [1.54, 1.807) is 0 Å². The van der Waals surface area contributed by atoms with Crippen molar-refractivity contribution >= 4 is 29.9 Å². The SMILES string of the molecule is CCOCCCN=C(N)NC1CCCCC1.I. The van der Waals surface area contributed by atoms with Gasteiger partial charge in [-0.1, -0.05) is 19.3 Å². The molecule has 1 rings (SSSR count). The summed E-state index contributed by atoms with van der Waals surface area (Å²) in [4.78, 5) is 4.29. The Morgan fingerprint density at radius 1 is 1.35 bits per heavy atom. The first-order valence-corrected chi connectivity index (χ1v) is 6.47. The molecule has 1 saturated carbocycles. The van der Waals surface area contributed by atoms with E-state index in [1.807, 2.05) is 6.92 Å². The second kappa shape index (κ2) is 11.1. The third kappa shape index (κ3) is 8.65. The molecule has 0 amide bonds. The van der Waals surface area contributed by atoms with Gasteiger partial charge in [-0.05, 0) is 26.2 Å². The van der Waals surface area contributed by atoms with Gasteiger partial charge in [-0.25, -0.2) is 0 Å². The lowest BCUT2D eigenvalue weighted by molar-refractivity contribution is 0.146.